The van der Waals surface area contributed by atoms with E-state index in [1.165, 1.54) is 6.07 Å². The number of carbonyl (C=O) groups is 2. The van der Waals surface area contributed by atoms with Crippen molar-refractivity contribution in [1.82, 2.24) is 15.1 Å². The Morgan fingerprint density at radius 1 is 1.26 bits per heavy atom. The normalized spacial score (nSPS) is 10.4. The fourth-order valence-corrected chi connectivity index (χ4v) is 2.40. The number of halogens is 1. The predicted octanol–water partition coefficient (Wildman–Crippen LogP) is 2.54. The minimum Gasteiger partial charge on any atom is -0.352 e. The van der Waals surface area contributed by atoms with E-state index in [0.29, 0.717) is 22.8 Å². The molecule has 6 nitrogen and oxygen atoms in total. The van der Waals surface area contributed by atoms with Crippen LogP contribution in [-0.4, -0.2) is 28.1 Å². The summed E-state index contributed by atoms with van der Waals surface area (Å²) in [5.74, 6) is -0.541. The Balaban J connectivity index is 2.17. The number of nitrogens with one attached hydrogen (secondary N) is 2. The highest BCUT2D eigenvalue weighted by molar-refractivity contribution is 6.31. The van der Waals surface area contributed by atoms with Crippen molar-refractivity contribution in [1.29, 1.82) is 0 Å². The first-order valence-electron chi connectivity index (χ1n) is 7.29. The zero-order chi connectivity index (χ0) is 17.0. The number of anilines is 1. The Kier molecular flexibility index (Phi) is 5.39. The molecule has 23 heavy (non-hydrogen) atoms. The lowest BCUT2D eigenvalue weighted by Crippen LogP contribution is -2.26. The van der Waals surface area contributed by atoms with E-state index >= 15 is 0 Å². The Labute approximate surface area is 139 Å². The van der Waals surface area contributed by atoms with Gasteiger partial charge in [-0.15, -0.1) is 0 Å². The molecule has 0 saturated heterocycles. The summed E-state index contributed by atoms with van der Waals surface area (Å²) in [4.78, 5) is 24.3. The molecular weight excluding hydrogens is 316 g/mol. The van der Waals surface area contributed by atoms with Crippen molar-refractivity contribution in [3.05, 3.63) is 46.2 Å². The lowest BCUT2D eigenvalue weighted by atomic mass is 10.1. The van der Waals surface area contributed by atoms with E-state index in [1.807, 2.05) is 26.8 Å². The maximum atomic E-state index is 12.2. The van der Waals surface area contributed by atoms with Crippen molar-refractivity contribution in [2.75, 3.05) is 11.9 Å². The molecule has 0 bridgehead atoms. The number of aryl methyl sites for hydroxylation is 2. The molecule has 2 rings (SSSR count). The van der Waals surface area contributed by atoms with Gasteiger partial charge < -0.3 is 10.6 Å². The number of hydrogen-bond acceptors (Lipinski definition) is 3. The monoisotopic (exact) mass is 334 g/mol. The van der Waals surface area contributed by atoms with Crippen molar-refractivity contribution in [2.45, 2.75) is 27.3 Å². The van der Waals surface area contributed by atoms with Crippen LogP contribution >= 0.6 is 11.6 Å². The first-order valence-corrected chi connectivity index (χ1v) is 7.67. The number of rotatable bonds is 5. The van der Waals surface area contributed by atoms with Crippen LogP contribution in [0.5, 0.6) is 0 Å². The summed E-state index contributed by atoms with van der Waals surface area (Å²) in [6, 6.07) is 6.68. The SMILES string of the molecule is CCNC(=O)c1cc(Cl)ccc1NC(=O)Cn1nc(C)cc1C. The zero-order valence-corrected chi connectivity index (χ0v) is 14.1. The van der Waals surface area contributed by atoms with Gasteiger partial charge in [-0.2, -0.15) is 5.10 Å². The summed E-state index contributed by atoms with van der Waals surface area (Å²) < 4.78 is 1.62. The topological polar surface area (TPSA) is 76.0 Å². The number of amides is 2. The van der Waals surface area contributed by atoms with Crippen LogP contribution in [0.15, 0.2) is 24.3 Å². The quantitative estimate of drug-likeness (QED) is 0.882. The summed E-state index contributed by atoms with van der Waals surface area (Å²) >= 11 is 5.94. The molecule has 7 heteroatoms. The largest absolute Gasteiger partial charge is 0.352 e. The minimum atomic E-state index is -0.281. The average Bonchev–Trinajstić information content (AvgIpc) is 2.79. The molecule has 2 aromatic rings. The highest BCUT2D eigenvalue weighted by atomic mass is 35.5. The lowest BCUT2D eigenvalue weighted by molar-refractivity contribution is -0.116. The smallest absolute Gasteiger partial charge is 0.253 e. The molecule has 0 spiro atoms. The number of aromatic nitrogens is 2. The summed E-state index contributed by atoms with van der Waals surface area (Å²) in [7, 11) is 0. The maximum Gasteiger partial charge on any atom is 0.253 e. The predicted molar refractivity (Wildman–Crippen MR) is 89.8 cm³/mol. The van der Waals surface area contributed by atoms with Crippen LogP contribution in [0, 0.1) is 13.8 Å². The van der Waals surface area contributed by atoms with Gasteiger partial charge in [0.15, 0.2) is 0 Å². The van der Waals surface area contributed by atoms with Crippen molar-refractivity contribution < 1.29 is 9.59 Å². The minimum absolute atomic E-state index is 0.0805. The van der Waals surface area contributed by atoms with Crippen molar-refractivity contribution >= 4 is 29.1 Å². The number of nitrogens with zero attached hydrogens (tertiary/aromatic N) is 2. The molecule has 1 aromatic carbocycles. The van der Waals surface area contributed by atoms with E-state index in [2.05, 4.69) is 15.7 Å². The Morgan fingerprint density at radius 3 is 2.61 bits per heavy atom. The van der Waals surface area contributed by atoms with Gasteiger partial charge >= 0.3 is 0 Å². The Morgan fingerprint density at radius 2 is 2.00 bits per heavy atom. The first-order chi connectivity index (χ1) is 10.9. The van der Waals surface area contributed by atoms with Gasteiger partial charge in [0.1, 0.15) is 6.54 Å². The summed E-state index contributed by atoms with van der Waals surface area (Å²) in [5.41, 5.74) is 2.51. The van der Waals surface area contributed by atoms with Crippen LogP contribution < -0.4 is 10.6 Å². The molecule has 0 fully saturated rings. The van der Waals surface area contributed by atoms with Gasteiger partial charge in [0.25, 0.3) is 5.91 Å². The second kappa shape index (κ2) is 7.28. The summed E-state index contributed by atoms with van der Waals surface area (Å²) in [6.07, 6.45) is 0. The van der Waals surface area contributed by atoms with Gasteiger partial charge in [-0.05, 0) is 45.0 Å². The third-order valence-corrected chi connectivity index (χ3v) is 3.47. The molecule has 2 amide bonds. The van der Waals surface area contributed by atoms with Gasteiger partial charge in [0, 0.05) is 17.3 Å². The maximum absolute atomic E-state index is 12.2. The molecule has 0 aliphatic heterocycles. The molecule has 0 radical (unpaired) electrons. The van der Waals surface area contributed by atoms with E-state index in [9.17, 15) is 9.59 Å². The van der Waals surface area contributed by atoms with Crippen molar-refractivity contribution in [3.63, 3.8) is 0 Å². The Hall–Kier alpha value is -2.34. The molecule has 122 valence electrons. The fourth-order valence-electron chi connectivity index (χ4n) is 2.23. The highest BCUT2D eigenvalue weighted by Crippen LogP contribution is 2.21. The molecule has 1 heterocycles. The van der Waals surface area contributed by atoms with Gasteiger partial charge in [0.05, 0.1) is 16.9 Å². The van der Waals surface area contributed by atoms with Gasteiger partial charge in [-0.1, -0.05) is 11.6 Å². The molecule has 1 aromatic heterocycles. The van der Waals surface area contributed by atoms with E-state index in [-0.39, 0.29) is 18.4 Å². The molecule has 0 unspecified atom stereocenters. The van der Waals surface area contributed by atoms with Crippen LogP contribution in [0.2, 0.25) is 5.02 Å². The van der Waals surface area contributed by atoms with E-state index in [0.717, 1.165) is 11.4 Å². The summed E-state index contributed by atoms with van der Waals surface area (Å²) in [5, 5.41) is 10.1. The van der Waals surface area contributed by atoms with E-state index in [4.69, 9.17) is 11.6 Å². The highest BCUT2D eigenvalue weighted by Gasteiger charge is 2.14. The Bertz CT molecular complexity index is 740. The second-order valence-corrected chi connectivity index (χ2v) is 5.62. The average molecular weight is 335 g/mol. The molecule has 0 saturated carbocycles. The molecule has 0 aliphatic carbocycles. The van der Waals surface area contributed by atoms with Crippen LogP contribution in [-0.2, 0) is 11.3 Å². The van der Waals surface area contributed by atoms with E-state index in [1.54, 1.807) is 16.8 Å². The van der Waals surface area contributed by atoms with Crippen LogP contribution in [0.3, 0.4) is 0 Å². The molecule has 2 N–H and O–H groups in total. The number of hydrogen-bond donors (Lipinski definition) is 2. The van der Waals surface area contributed by atoms with Crippen LogP contribution in [0.4, 0.5) is 5.69 Å². The van der Waals surface area contributed by atoms with Crippen molar-refractivity contribution in [2.24, 2.45) is 0 Å². The lowest BCUT2D eigenvalue weighted by Gasteiger charge is -2.12. The number of carbonyl (C=O) groups excluding carboxylic acids is 2. The first kappa shape index (κ1) is 17.0. The van der Waals surface area contributed by atoms with Gasteiger partial charge in [0.2, 0.25) is 5.91 Å². The third kappa shape index (κ3) is 4.32. The van der Waals surface area contributed by atoms with Crippen LogP contribution in [0.1, 0.15) is 28.7 Å². The standard InChI is InChI=1S/C16H19ClN4O2/c1-4-18-16(23)13-8-12(17)5-6-14(13)19-15(22)9-21-11(3)7-10(2)20-21/h5-8H,4,9H2,1-3H3,(H,18,23)(H,19,22). The fraction of sp³-hybridized carbons (Fsp3) is 0.312. The third-order valence-electron chi connectivity index (χ3n) is 3.23. The second-order valence-electron chi connectivity index (χ2n) is 5.18. The summed E-state index contributed by atoms with van der Waals surface area (Å²) in [6.45, 7) is 6.15. The van der Waals surface area contributed by atoms with Crippen molar-refractivity contribution in [3.8, 4) is 0 Å². The zero-order valence-electron chi connectivity index (χ0n) is 13.3. The molecule has 0 aliphatic rings. The number of benzene rings is 1. The van der Waals surface area contributed by atoms with E-state index < -0.39 is 0 Å². The van der Waals surface area contributed by atoms with Gasteiger partial charge in [-0.3, -0.25) is 14.3 Å². The molecular formula is C16H19ClN4O2. The van der Waals surface area contributed by atoms with Gasteiger partial charge in [-0.25, -0.2) is 0 Å². The molecule has 0 atom stereocenters. The van der Waals surface area contributed by atoms with Crippen LogP contribution in [0.25, 0.3) is 0 Å².